The van der Waals surface area contributed by atoms with E-state index in [0.717, 1.165) is 75.2 Å². The average Bonchev–Trinajstić information content (AvgIpc) is 3.67. The second-order valence-corrected chi connectivity index (χ2v) is 16.2. The lowest BCUT2D eigenvalue weighted by Gasteiger charge is -2.46. The van der Waals surface area contributed by atoms with Crippen LogP contribution >= 0.6 is 0 Å². The minimum atomic E-state index is -0.692. The minimum Gasteiger partial charge on any atom is -0.507 e. The van der Waals surface area contributed by atoms with Crippen LogP contribution in [0.3, 0.4) is 0 Å². The fraction of sp³-hybridized carbons (Fsp3) is 0.488. The largest absolute Gasteiger partial charge is 0.507 e. The molecule has 298 valence electrons. The van der Waals surface area contributed by atoms with Crippen LogP contribution in [0.4, 0.5) is 5.69 Å². The lowest BCUT2D eigenvalue weighted by Crippen LogP contribution is -2.55. The Morgan fingerprint density at radius 3 is 2.30 bits per heavy atom. The zero-order valence-electron chi connectivity index (χ0n) is 32.8. The lowest BCUT2D eigenvalue weighted by atomic mass is 9.72. The highest BCUT2D eigenvalue weighted by molar-refractivity contribution is 6.01. The number of allylic oxidation sites excluding steroid dienone is 1. The molecule has 6 N–H and O–H groups in total. The van der Waals surface area contributed by atoms with Gasteiger partial charge in [0.05, 0.1) is 23.2 Å². The van der Waals surface area contributed by atoms with E-state index in [0.29, 0.717) is 56.0 Å². The highest BCUT2D eigenvalue weighted by Gasteiger charge is 2.47. The molecule has 56 heavy (non-hydrogen) atoms. The average molecular weight is 764 g/mol. The van der Waals surface area contributed by atoms with E-state index in [-0.39, 0.29) is 35.4 Å². The summed E-state index contributed by atoms with van der Waals surface area (Å²) >= 11 is 0. The third-order valence-electron chi connectivity index (χ3n) is 12.8. The highest BCUT2D eigenvalue weighted by atomic mass is 16.3. The second-order valence-electron chi connectivity index (χ2n) is 16.2. The SMILES string of the molecule is CN(C(=O)C1(c2cnn(C)c2)CCN(C(/C=C(\N)c2ccccc2O)=C/N)CC1)C1CCN(CC2CCN(c3ccc([C@H]4CCC(=O)NC4=O)cc3)CC2)CC1. The number of phenols is 1. The number of imide groups is 1. The van der Waals surface area contributed by atoms with Crippen molar-refractivity contribution in [3.63, 3.8) is 0 Å². The van der Waals surface area contributed by atoms with Gasteiger partial charge in [-0.3, -0.25) is 24.4 Å². The Morgan fingerprint density at radius 1 is 0.982 bits per heavy atom. The number of amides is 3. The number of aryl methyl sites for hydroxylation is 1. The smallest absolute Gasteiger partial charge is 0.234 e. The molecule has 13 nitrogen and oxygen atoms in total. The number of hydrogen-bond donors (Lipinski definition) is 4. The molecule has 0 aliphatic carbocycles. The summed E-state index contributed by atoms with van der Waals surface area (Å²) in [7, 11) is 3.88. The van der Waals surface area contributed by atoms with Crippen LogP contribution in [0.5, 0.6) is 5.75 Å². The number of phenolic OH excluding ortho intramolecular Hbond substituents is 1. The number of anilines is 1. The maximum atomic E-state index is 14.7. The molecule has 7 rings (SSSR count). The minimum absolute atomic E-state index is 0.112. The maximum absolute atomic E-state index is 14.7. The Balaban J connectivity index is 0.912. The molecule has 4 aliphatic heterocycles. The third kappa shape index (κ3) is 8.28. The first kappa shape index (κ1) is 39.0. The van der Waals surface area contributed by atoms with Crippen molar-refractivity contribution in [1.82, 2.24) is 29.8 Å². The molecule has 4 aliphatic rings. The van der Waals surface area contributed by atoms with Crippen LogP contribution < -0.4 is 21.7 Å². The molecule has 3 aromatic rings. The van der Waals surface area contributed by atoms with Gasteiger partial charge in [0.1, 0.15) is 5.75 Å². The van der Waals surface area contributed by atoms with Crippen molar-refractivity contribution in [3.05, 3.63) is 95.6 Å². The van der Waals surface area contributed by atoms with Crippen molar-refractivity contribution < 1.29 is 19.5 Å². The molecule has 0 unspecified atom stereocenters. The van der Waals surface area contributed by atoms with Gasteiger partial charge in [0.25, 0.3) is 0 Å². The number of nitrogens with zero attached hydrogens (tertiary/aromatic N) is 6. The fourth-order valence-electron chi connectivity index (χ4n) is 9.30. The Morgan fingerprint density at radius 2 is 1.68 bits per heavy atom. The second kappa shape index (κ2) is 16.8. The lowest BCUT2D eigenvalue weighted by molar-refractivity contribution is -0.141. The zero-order valence-corrected chi connectivity index (χ0v) is 32.8. The highest BCUT2D eigenvalue weighted by Crippen LogP contribution is 2.40. The molecule has 0 spiro atoms. The molecule has 4 saturated heterocycles. The first-order valence-corrected chi connectivity index (χ1v) is 20.1. The first-order chi connectivity index (χ1) is 27.0. The Hall–Kier alpha value is -5.30. The van der Waals surface area contributed by atoms with Crippen molar-refractivity contribution in [3.8, 4) is 5.75 Å². The Labute approximate surface area is 330 Å². The molecule has 3 amide bonds. The molecule has 0 radical (unpaired) electrons. The standard InChI is InChI=1S/C43H57N9O4/c1-48-29-32(27-46-48)43(17-23-52(24-18-43)35(26-44)25-38(45)37-5-3-4-6-39(37)53)42(56)49(2)33-15-19-50(20-16-33)28-30-13-21-51(22-14-30)34-9-7-31(8-10-34)36-11-12-40(54)47-41(36)55/h3-10,25-27,29-30,33,36,53H,11-24,28,44-45H2,1-2H3,(H,47,54,55)/b35-26+,38-25-/t36-/m1/s1. The zero-order chi connectivity index (χ0) is 39.4. The van der Waals surface area contributed by atoms with Gasteiger partial charge in [0.15, 0.2) is 0 Å². The first-order valence-electron chi connectivity index (χ1n) is 20.1. The predicted octanol–water partition coefficient (Wildman–Crippen LogP) is 3.62. The fourth-order valence-corrected chi connectivity index (χ4v) is 9.30. The van der Waals surface area contributed by atoms with Crippen molar-refractivity contribution >= 4 is 29.1 Å². The summed E-state index contributed by atoms with van der Waals surface area (Å²) in [5, 5.41) is 17.3. The van der Waals surface area contributed by atoms with Gasteiger partial charge in [-0.25, -0.2) is 0 Å². The number of piperidine rings is 4. The summed E-state index contributed by atoms with van der Waals surface area (Å²) < 4.78 is 1.78. The molecule has 2 aromatic carbocycles. The summed E-state index contributed by atoms with van der Waals surface area (Å²) in [6.45, 7) is 6.29. The van der Waals surface area contributed by atoms with E-state index in [4.69, 9.17) is 11.5 Å². The van der Waals surface area contributed by atoms with E-state index in [2.05, 4.69) is 37.2 Å². The molecular formula is C43H57N9O4. The van der Waals surface area contributed by atoms with Crippen molar-refractivity contribution in [2.24, 2.45) is 24.4 Å². The predicted molar refractivity (Wildman–Crippen MR) is 217 cm³/mol. The third-order valence-corrected chi connectivity index (χ3v) is 12.8. The normalized spacial score (nSPS) is 21.9. The van der Waals surface area contributed by atoms with E-state index in [9.17, 15) is 19.5 Å². The summed E-state index contributed by atoms with van der Waals surface area (Å²) in [6.07, 6.45) is 13.5. The molecule has 13 heteroatoms. The molecule has 0 saturated carbocycles. The Bertz CT molecular complexity index is 1930. The van der Waals surface area contributed by atoms with E-state index in [1.807, 2.05) is 49.6 Å². The number of aromatic nitrogens is 2. The summed E-state index contributed by atoms with van der Waals surface area (Å²) in [6, 6.07) is 15.5. The molecule has 4 fully saturated rings. The van der Waals surface area contributed by atoms with E-state index in [1.54, 1.807) is 35.2 Å². The molecule has 0 bridgehead atoms. The van der Waals surface area contributed by atoms with E-state index in [1.165, 1.54) is 5.69 Å². The van der Waals surface area contributed by atoms with Gasteiger partial charge < -0.3 is 36.2 Å². The number of rotatable bonds is 10. The number of para-hydroxylation sites is 1. The van der Waals surface area contributed by atoms with Gasteiger partial charge >= 0.3 is 0 Å². The molecular weight excluding hydrogens is 707 g/mol. The number of nitrogens with one attached hydrogen (secondary N) is 1. The molecule has 5 heterocycles. The van der Waals surface area contributed by atoms with Gasteiger partial charge in [0, 0.05) is 107 Å². The quantitative estimate of drug-likeness (QED) is 0.177. The Kier molecular flexibility index (Phi) is 11.7. The van der Waals surface area contributed by atoms with Gasteiger partial charge in [-0.1, -0.05) is 24.3 Å². The number of nitrogens with two attached hydrogens (primary N) is 2. The number of likely N-dealkylation sites (tertiary alicyclic amines) is 2. The topological polar surface area (TPSA) is 166 Å². The number of carbonyl (C=O) groups excluding carboxylic acids is 3. The van der Waals surface area contributed by atoms with Crippen molar-refractivity contribution in [2.75, 3.05) is 57.8 Å². The monoisotopic (exact) mass is 763 g/mol. The number of likely N-dealkylation sites (N-methyl/N-ethyl adjacent to an activating group) is 1. The van der Waals surface area contributed by atoms with Crippen LogP contribution in [0.2, 0.25) is 0 Å². The van der Waals surface area contributed by atoms with Crippen LogP contribution in [0.15, 0.2) is 78.9 Å². The van der Waals surface area contributed by atoms with Crippen LogP contribution in [0.25, 0.3) is 5.70 Å². The summed E-state index contributed by atoms with van der Waals surface area (Å²) in [5.41, 5.74) is 16.7. The van der Waals surface area contributed by atoms with Crippen LogP contribution in [0.1, 0.15) is 74.0 Å². The van der Waals surface area contributed by atoms with Crippen molar-refractivity contribution in [1.29, 1.82) is 0 Å². The number of hydrogen-bond acceptors (Lipinski definition) is 10. The van der Waals surface area contributed by atoms with Gasteiger partial charge in [0.2, 0.25) is 17.7 Å². The van der Waals surface area contributed by atoms with Crippen LogP contribution in [0, 0.1) is 5.92 Å². The van der Waals surface area contributed by atoms with Gasteiger partial charge in [-0.05, 0) is 86.8 Å². The van der Waals surface area contributed by atoms with Crippen molar-refractivity contribution in [2.45, 2.75) is 68.7 Å². The van der Waals surface area contributed by atoms with Crippen LogP contribution in [-0.4, -0.2) is 106 Å². The van der Waals surface area contributed by atoms with E-state index < -0.39 is 5.41 Å². The van der Waals surface area contributed by atoms with Crippen LogP contribution in [-0.2, 0) is 26.8 Å². The molecule has 1 atom stereocenters. The van der Waals surface area contributed by atoms with E-state index >= 15 is 0 Å². The van der Waals surface area contributed by atoms with Gasteiger partial charge in [-0.2, -0.15) is 5.10 Å². The number of aromatic hydroxyl groups is 1. The summed E-state index contributed by atoms with van der Waals surface area (Å²) in [4.78, 5) is 47.8. The number of carbonyl (C=O) groups is 3. The van der Waals surface area contributed by atoms with Gasteiger partial charge in [-0.15, -0.1) is 0 Å². The number of benzene rings is 2. The molecule has 1 aromatic heterocycles. The maximum Gasteiger partial charge on any atom is 0.234 e. The summed E-state index contributed by atoms with van der Waals surface area (Å²) in [5.74, 6) is 0.274.